The van der Waals surface area contributed by atoms with E-state index >= 15 is 0 Å². The molecule has 0 spiro atoms. The van der Waals surface area contributed by atoms with E-state index < -0.39 is 23.8 Å². The Morgan fingerprint density at radius 2 is 1.93 bits per heavy atom. The van der Waals surface area contributed by atoms with E-state index in [1.807, 2.05) is 0 Å². The van der Waals surface area contributed by atoms with Crippen LogP contribution >= 0.6 is 15.9 Å². The number of halogens is 1. The number of methoxy groups -OCH3 is 1. The lowest BCUT2D eigenvalue weighted by Crippen LogP contribution is -2.10. The number of rotatable bonds is 5. The van der Waals surface area contributed by atoms with Crippen molar-refractivity contribution in [2.75, 3.05) is 13.7 Å². The number of phenolic OH excluding ortho intramolecular Hbond substituents is 2. The fourth-order valence-corrected chi connectivity index (χ4v) is 3.03. The Kier molecular flexibility index (Phi) is 4.95. The second-order valence-corrected chi connectivity index (χ2v) is 6.25. The van der Waals surface area contributed by atoms with Gasteiger partial charge in [-0.3, -0.25) is 4.79 Å². The predicted molar refractivity (Wildman–Crippen MR) is 98.6 cm³/mol. The number of carbonyl (C=O) groups is 1. The molecule has 0 atom stereocenters. The van der Waals surface area contributed by atoms with Crippen LogP contribution in [0, 0.1) is 0 Å². The molecule has 1 heterocycles. The highest BCUT2D eigenvalue weighted by molar-refractivity contribution is 9.10. The average molecular weight is 437 g/mol. The number of aliphatic carboxylic acids is 1. The van der Waals surface area contributed by atoms with Gasteiger partial charge in [0.25, 0.3) is 0 Å². The average Bonchev–Trinajstić information content (AvgIpc) is 2.62. The number of hydrogen-bond acceptors (Lipinski definition) is 7. The van der Waals surface area contributed by atoms with Crippen LogP contribution in [0.1, 0.15) is 0 Å². The molecule has 0 aliphatic heterocycles. The van der Waals surface area contributed by atoms with Gasteiger partial charge in [0.15, 0.2) is 23.9 Å². The SMILES string of the molecule is COc1ccc(-c2oc3cc(O)cc(O)c3c(=O)c2Br)cc1OCC(=O)O. The fourth-order valence-electron chi connectivity index (χ4n) is 2.52. The minimum Gasteiger partial charge on any atom is -0.508 e. The van der Waals surface area contributed by atoms with Crippen molar-refractivity contribution in [1.82, 2.24) is 0 Å². The maximum Gasteiger partial charge on any atom is 0.341 e. The molecule has 1 aromatic heterocycles. The monoisotopic (exact) mass is 436 g/mol. The van der Waals surface area contributed by atoms with Gasteiger partial charge in [0, 0.05) is 17.7 Å². The molecule has 0 aliphatic rings. The first-order valence-electron chi connectivity index (χ1n) is 7.53. The van der Waals surface area contributed by atoms with Gasteiger partial charge in [-0.2, -0.15) is 0 Å². The maximum atomic E-state index is 12.6. The van der Waals surface area contributed by atoms with Gasteiger partial charge in [0.2, 0.25) is 5.43 Å². The van der Waals surface area contributed by atoms with Crippen LogP contribution in [0.15, 0.2) is 44.0 Å². The van der Waals surface area contributed by atoms with Gasteiger partial charge in [0.05, 0.1) is 7.11 Å². The van der Waals surface area contributed by atoms with Crippen molar-refractivity contribution in [2.24, 2.45) is 0 Å². The quantitative estimate of drug-likeness (QED) is 0.556. The third-order valence-electron chi connectivity index (χ3n) is 3.68. The van der Waals surface area contributed by atoms with Crippen LogP contribution in [-0.4, -0.2) is 35.0 Å². The van der Waals surface area contributed by atoms with E-state index in [2.05, 4.69) is 15.9 Å². The molecule has 0 amide bonds. The van der Waals surface area contributed by atoms with E-state index in [4.69, 9.17) is 19.0 Å². The Hall–Kier alpha value is -3.20. The largest absolute Gasteiger partial charge is 0.508 e. The van der Waals surface area contributed by atoms with Crippen LogP contribution in [0.2, 0.25) is 0 Å². The minimum absolute atomic E-state index is 0.0143. The molecule has 0 radical (unpaired) electrons. The summed E-state index contributed by atoms with van der Waals surface area (Å²) >= 11 is 3.17. The van der Waals surface area contributed by atoms with E-state index in [1.54, 1.807) is 6.07 Å². The zero-order valence-corrected chi connectivity index (χ0v) is 15.4. The Morgan fingerprint density at radius 3 is 2.59 bits per heavy atom. The standard InChI is InChI=1S/C18H13BrO8/c1-25-11-3-2-8(4-12(11)26-7-14(22)23)18-16(19)17(24)15-10(21)5-9(20)6-13(15)27-18/h2-6,20-21H,7H2,1H3,(H,22,23). The number of carboxylic acid groups (broad SMARTS) is 1. The zero-order chi connectivity index (χ0) is 19.7. The first-order chi connectivity index (χ1) is 12.8. The molecule has 3 N–H and O–H groups in total. The van der Waals surface area contributed by atoms with Gasteiger partial charge < -0.3 is 29.2 Å². The number of hydrogen-bond donors (Lipinski definition) is 3. The van der Waals surface area contributed by atoms with Crippen molar-refractivity contribution >= 4 is 32.9 Å². The molecule has 2 aromatic carbocycles. The molecule has 8 nitrogen and oxygen atoms in total. The lowest BCUT2D eigenvalue weighted by Gasteiger charge is -2.12. The first-order valence-corrected chi connectivity index (χ1v) is 8.32. The van der Waals surface area contributed by atoms with Crippen molar-refractivity contribution in [2.45, 2.75) is 0 Å². The van der Waals surface area contributed by atoms with Crippen LogP contribution in [0.4, 0.5) is 0 Å². The molecule has 0 fully saturated rings. The van der Waals surface area contributed by atoms with Gasteiger partial charge in [-0.25, -0.2) is 4.79 Å². The zero-order valence-electron chi connectivity index (χ0n) is 13.9. The molecule has 140 valence electrons. The van der Waals surface area contributed by atoms with Crippen molar-refractivity contribution in [3.8, 4) is 34.3 Å². The summed E-state index contributed by atoms with van der Waals surface area (Å²) in [4.78, 5) is 23.4. The Bertz CT molecular complexity index is 1100. The summed E-state index contributed by atoms with van der Waals surface area (Å²) in [6.07, 6.45) is 0. The third kappa shape index (κ3) is 3.54. The van der Waals surface area contributed by atoms with Crippen LogP contribution in [0.25, 0.3) is 22.3 Å². The Labute approximate surface area is 160 Å². The van der Waals surface area contributed by atoms with Crippen molar-refractivity contribution in [3.63, 3.8) is 0 Å². The predicted octanol–water partition coefficient (Wildman–Crippen LogP) is 3.11. The normalized spacial score (nSPS) is 10.7. The summed E-state index contributed by atoms with van der Waals surface area (Å²) in [5.74, 6) is -1.28. The first kappa shape index (κ1) is 18.6. The molecule has 0 saturated carbocycles. The number of benzene rings is 2. The highest BCUT2D eigenvalue weighted by Gasteiger charge is 2.19. The van der Waals surface area contributed by atoms with E-state index in [9.17, 15) is 19.8 Å². The molecular weight excluding hydrogens is 424 g/mol. The number of phenols is 2. The molecule has 9 heteroatoms. The lowest BCUT2D eigenvalue weighted by atomic mass is 10.1. The molecule has 0 aliphatic carbocycles. The van der Waals surface area contributed by atoms with E-state index in [0.29, 0.717) is 11.3 Å². The summed E-state index contributed by atoms with van der Waals surface area (Å²) in [6, 6.07) is 6.82. The van der Waals surface area contributed by atoms with E-state index in [0.717, 1.165) is 6.07 Å². The topological polar surface area (TPSA) is 126 Å². The number of ether oxygens (including phenoxy) is 2. The number of aromatic hydroxyl groups is 2. The lowest BCUT2D eigenvalue weighted by molar-refractivity contribution is -0.139. The second kappa shape index (κ2) is 7.20. The fraction of sp³-hybridized carbons (Fsp3) is 0.111. The highest BCUT2D eigenvalue weighted by atomic mass is 79.9. The number of carboxylic acids is 1. The van der Waals surface area contributed by atoms with Gasteiger partial charge in [-0.15, -0.1) is 0 Å². The van der Waals surface area contributed by atoms with Crippen molar-refractivity contribution in [3.05, 3.63) is 45.0 Å². The van der Waals surface area contributed by atoms with Crippen molar-refractivity contribution in [1.29, 1.82) is 0 Å². The van der Waals surface area contributed by atoms with E-state index in [-0.39, 0.29) is 32.7 Å². The Balaban J connectivity index is 2.20. The summed E-state index contributed by atoms with van der Waals surface area (Å²) in [7, 11) is 1.40. The second-order valence-electron chi connectivity index (χ2n) is 5.46. The highest BCUT2D eigenvalue weighted by Crippen LogP contribution is 2.37. The molecule has 0 saturated heterocycles. The van der Waals surface area contributed by atoms with Crippen LogP contribution < -0.4 is 14.9 Å². The molecule has 0 bridgehead atoms. The van der Waals surface area contributed by atoms with Crippen LogP contribution in [-0.2, 0) is 4.79 Å². The molecule has 27 heavy (non-hydrogen) atoms. The van der Waals surface area contributed by atoms with Gasteiger partial charge in [-0.1, -0.05) is 0 Å². The molecule has 0 unspecified atom stereocenters. The summed E-state index contributed by atoms with van der Waals surface area (Å²) in [6.45, 7) is -0.579. The minimum atomic E-state index is -1.16. The third-order valence-corrected chi connectivity index (χ3v) is 4.40. The van der Waals surface area contributed by atoms with Crippen LogP contribution in [0.5, 0.6) is 23.0 Å². The summed E-state index contributed by atoms with van der Waals surface area (Å²) in [5.41, 5.74) is -0.156. The summed E-state index contributed by atoms with van der Waals surface area (Å²) in [5, 5.41) is 28.3. The van der Waals surface area contributed by atoms with Gasteiger partial charge in [0.1, 0.15) is 26.9 Å². The number of fused-ring (bicyclic) bond motifs is 1. The maximum absolute atomic E-state index is 12.6. The summed E-state index contributed by atoms with van der Waals surface area (Å²) < 4.78 is 16.1. The smallest absolute Gasteiger partial charge is 0.341 e. The Morgan fingerprint density at radius 1 is 1.19 bits per heavy atom. The molecule has 3 rings (SSSR count). The molecule has 3 aromatic rings. The molecular formula is C18H13BrO8. The van der Waals surface area contributed by atoms with Gasteiger partial charge in [-0.05, 0) is 34.1 Å². The van der Waals surface area contributed by atoms with Gasteiger partial charge >= 0.3 is 5.97 Å². The van der Waals surface area contributed by atoms with Crippen LogP contribution in [0.3, 0.4) is 0 Å². The van der Waals surface area contributed by atoms with Crippen molar-refractivity contribution < 1.29 is 34.0 Å². The van der Waals surface area contributed by atoms with E-state index in [1.165, 1.54) is 25.3 Å².